The third-order valence-electron chi connectivity index (χ3n) is 5.86. The zero-order chi connectivity index (χ0) is 22.1. The smallest absolute Gasteiger partial charge is 0.293 e. The predicted molar refractivity (Wildman–Crippen MR) is 121 cm³/mol. The van der Waals surface area contributed by atoms with Crippen LogP contribution in [0.3, 0.4) is 0 Å². The number of hydrogen-bond acceptors (Lipinski definition) is 9. The fourth-order valence-electron chi connectivity index (χ4n) is 4.22. The van der Waals surface area contributed by atoms with Gasteiger partial charge in [-0.3, -0.25) is 10.1 Å². The van der Waals surface area contributed by atoms with Crippen molar-refractivity contribution in [1.82, 2.24) is 15.3 Å². The number of fused-ring (bicyclic) bond motifs is 2. The molecule has 1 saturated heterocycles. The van der Waals surface area contributed by atoms with Gasteiger partial charge in [-0.2, -0.15) is 0 Å². The van der Waals surface area contributed by atoms with Crippen LogP contribution in [-0.4, -0.2) is 54.4 Å². The first-order valence-electron chi connectivity index (χ1n) is 10.7. The van der Waals surface area contributed by atoms with Gasteiger partial charge in [0.25, 0.3) is 5.69 Å². The molecule has 0 radical (unpaired) electrons. The van der Waals surface area contributed by atoms with Crippen LogP contribution in [0.1, 0.15) is 12.5 Å². The minimum absolute atomic E-state index is 0.0783. The Labute approximate surface area is 184 Å². The van der Waals surface area contributed by atoms with Crippen LogP contribution in [-0.2, 0) is 6.54 Å². The monoisotopic (exact) mass is 436 g/mol. The van der Waals surface area contributed by atoms with Crippen molar-refractivity contribution in [2.24, 2.45) is 0 Å². The molecule has 2 aromatic carbocycles. The summed E-state index contributed by atoms with van der Waals surface area (Å²) in [5, 5.41) is 15.9. The molecule has 0 atom stereocenters. The van der Waals surface area contributed by atoms with E-state index in [1.165, 1.54) is 6.33 Å². The first-order valence-corrected chi connectivity index (χ1v) is 10.7. The van der Waals surface area contributed by atoms with Crippen molar-refractivity contribution >= 4 is 28.1 Å². The Hall–Kier alpha value is -3.66. The van der Waals surface area contributed by atoms with E-state index in [2.05, 4.69) is 20.2 Å². The summed E-state index contributed by atoms with van der Waals surface area (Å²) in [4.78, 5) is 24.7. The Balaban J connectivity index is 1.54. The highest BCUT2D eigenvalue weighted by atomic mass is 16.7. The second-order valence-electron chi connectivity index (χ2n) is 7.75. The number of nitrogens with one attached hydrogen (secondary N) is 1. The van der Waals surface area contributed by atoms with Crippen molar-refractivity contribution in [3.8, 4) is 11.5 Å². The van der Waals surface area contributed by atoms with Crippen LogP contribution in [0.4, 0.5) is 17.2 Å². The standard InChI is InChI=1S/C22H24N6O4/c1-2-26(12-15-3-4-20-21(9-15)32-14-31-20)22-16-10-19(28(29)30)18(11-17(16)24-13-25-22)27-7-5-23-6-8-27/h3-4,9-11,13,23H,2,5-8,12,14H2,1H3. The van der Waals surface area contributed by atoms with E-state index in [0.717, 1.165) is 43.2 Å². The second kappa shape index (κ2) is 8.46. The molecular weight excluding hydrogens is 412 g/mol. The Morgan fingerprint density at radius 1 is 1.16 bits per heavy atom. The lowest BCUT2D eigenvalue weighted by Gasteiger charge is -2.29. The van der Waals surface area contributed by atoms with E-state index in [9.17, 15) is 10.1 Å². The zero-order valence-electron chi connectivity index (χ0n) is 17.8. The Morgan fingerprint density at radius 2 is 1.97 bits per heavy atom. The highest BCUT2D eigenvalue weighted by Crippen LogP contribution is 2.37. The second-order valence-corrected chi connectivity index (χ2v) is 7.75. The molecule has 3 aromatic rings. The topological polar surface area (TPSA) is 106 Å². The maximum atomic E-state index is 11.9. The Morgan fingerprint density at radius 3 is 2.75 bits per heavy atom. The molecule has 2 aliphatic heterocycles. The van der Waals surface area contributed by atoms with Crippen molar-refractivity contribution in [3.63, 3.8) is 0 Å². The van der Waals surface area contributed by atoms with Gasteiger partial charge in [0.15, 0.2) is 11.5 Å². The van der Waals surface area contributed by atoms with Crippen LogP contribution >= 0.6 is 0 Å². The number of nitrogens with zero attached hydrogens (tertiary/aromatic N) is 5. The molecule has 166 valence electrons. The van der Waals surface area contributed by atoms with Gasteiger partial charge in [0.05, 0.1) is 10.4 Å². The average Bonchev–Trinajstić information content (AvgIpc) is 3.30. The molecule has 0 bridgehead atoms. The van der Waals surface area contributed by atoms with E-state index in [1.54, 1.807) is 6.07 Å². The molecule has 1 aromatic heterocycles. The van der Waals surface area contributed by atoms with Gasteiger partial charge in [-0.05, 0) is 30.7 Å². The zero-order valence-corrected chi connectivity index (χ0v) is 17.8. The molecule has 10 nitrogen and oxygen atoms in total. The molecule has 1 fully saturated rings. The van der Waals surface area contributed by atoms with Crippen LogP contribution in [0.15, 0.2) is 36.7 Å². The van der Waals surface area contributed by atoms with Gasteiger partial charge in [-0.1, -0.05) is 6.07 Å². The van der Waals surface area contributed by atoms with Gasteiger partial charge in [-0.25, -0.2) is 9.97 Å². The molecule has 2 aliphatic rings. The first kappa shape index (κ1) is 20.3. The van der Waals surface area contributed by atoms with Crippen LogP contribution in [0.25, 0.3) is 10.9 Å². The van der Waals surface area contributed by atoms with Gasteiger partial charge in [-0.15, -0.1) is 0 Å². The molecule has 0 saturated carbocycles. The quantitative estimate of drug-likeness (QED) is 0.461. The average molecular weight is 436 g/mol. The third-order valence-corrected chi connectivity index (χ3v) is 5.86. The number of rotatable bonds is 6. The summed E-state index contributed by atoms with van der Waals surface area (Å²) in [6.07, 6.45) is 1.52. The summed E-state index contributed by atoms with van der Waals surface area (Å²) in [6, 6.07) is 9.28. The number of nitro groups is 1. The number of piperazine rings is 1. The molecule has 32 heavy (non-hydrogen) atoms. The predicted octanol–water partition coefficient (Wildman–Crippen LogP) is 2.70. The summed E-state index contributed by atoms with van der Waals surface area (Å²) < 4.78 is 10.9. The van der Waals surface area contributed by atoms with Crippen LogP contribution in [0.5, 0.6) is 11.5 Å². The SMILES string of the molecule is CCN(Cc1ccc2c(c1)OCO2)c1ncnc2cc(N3CCNCC3)c([N+](=O)[O-])cc12. The summed E-state index contributed by atoms with van der Waals surface area (Å²) in [7, 11) is 0. The summed E-state index contributed by atoms with van der Waals surface area (Å²) in [6.45, 7) is 6.54. The number of ether oxygens (including phenoxy) is 2. The number of hydrogen-bond donors (Lipinski definition) is 1. The van der Waals surface area contributed by atoms with Crippen molar-refractivity contribution in [1.29, 1.82) is 0 Å². The van der Waals surface area contributed by atoms with Gasteiger partial charge in [0.1, 0.15) is 17.8 Å². The van der Waals surface area contributed by atoms with E-state index in [0.29, 0.717) is 35.5 Å². The minimum atomic E-state index is -0.318. The van der Waals surface area contributed by atoms with E-state index in [-0.39, 0.29) is 17.4 Å². The Kier molecular flexibility index (Phi) is 5.36. The molecule has 0 unspecified atom stereocenters. The lowest BCUT2D eigenvalue weighted by molar-refractivity contribution is -0.384. The lowest BCUT2D eigenvalue weighted by atomic mass is 10.1. The largest absolute Gasteiger partial charge is 0.454 e. The fraction of sp³-hybridized carbons (Fsp3) is 0.364. The maximum Gasteiger partial charge on any atom is 0.293 e. The third kappa shape index (κ3) is 3.73. The fourth-order valence-corrected chi connectivity index (χ4v) is 4.22. The molecule has 0 aliphatic carbocycles. The Bertz CT molecular complexity index is 1160. The normalized spacial score (nSPS) is 15.2. The van der Waals surface area contributed by atoms with Crippen LogP contribution in [0, 0.1) is 10.1 Å². The highest BCUT2D eigenvalue weighted by molar-refractivity contribution is 5.95. The summed E-state index contributed by atoms with van der Waals surface area (Å²) in [5.41, 5.74) is 2.41. The van der Waals surface area contributed by atoms with E-state index >= 15 is 0 Å². The van der Waals surface area contributed by atoms with Crippen molar-refractivity contribution in [2.75, 3.05) is 49.3 Å². The minimum Gasteiger partial charge on any atom is -0.454 e. The van der Waals surface area contributed by atoms with Crippen LogP contribution in [0.2, 0.25) is 0 Å². The van der Waals surface area contributed by atoms with Crippen molar-refractivity contribution in [2.45, 2.75) is 13.5 Å². The van der Waals surface area contributed by atoms with Crippen LogP contribution < -0.4 is 24.6 Å². The first-order chi connectivity index (χ1) is 15.6. The van der Waals surface area contributed by atoms with E-state index in [4.69, 9.17) is 9.47 Å². The van der Waals surface area contributed by atoms with Gasteiger partial charge >= 0.3 is 0 Å². The lowest BCUT2D eigenvalue weighted by Crippen LogP contribution is -2.43. The van der Waals surface area contributed by atoms with Gasteiger partial charge in [0.2, 0.25) is 6.79 Å². The van der Waals surface area contributed by atoms with Gasteiger partial charge < -0.3 is 24.6 Å². The number of aromatic nitrogens is 2. The number of benzene rings is 2. The molecule has 1 N–H and O–H groups in total. The number of nitro benzene ring substituents is 1. The molecule has 0 amide bonds. The summed E-state index contributed by atoms with van der Waals surface area (Å²) >= 11 is 0. The highest BCUT2D eigenvalue weighted by Gasteiger charge is 2.24. The molecule has 10 heteroatoms. The maximum absolute atomic E-state index is 11.9. The molecule has 3 heterocycles. The molecule has 0 spiro atoms. The number of anilines is 2. The van der Waals surface area contributed by atoms with Crippen molar-refractivity contribution < 1.29 is 14.4 Å². The molecular formula is C22H24N6O4. The van der Waals surface area contributed by atoms with Crippen molar-refractivity contribution in [3.05, 3.63) is 52.3 Å². The van der Waals surface area contributed by atoms with E-state index in [1.807, 2.05) is 36.1 Å². The van der Waals surface area contributed by atoms with Gasteiger partial charge in [0, 0.05) is 50.7 Å². The summed E-state index contributed by atoms with van der Waals surface area (Å²) in [5.74, 6) is 2.13. The molecule has 5 rings (SSSR count). The van der Waals surface area contributed by atoms with E-state index < -0.39 is 0 Å².